The molecule has 144 valence electrons. The Bertz CT molecular complexity index is 960. The minimum atomic E-state index is -0.969. The summed E-state index contributed by atoms with van der Waals surface area (Å²) in [5.41, 5.74) is 2.82. The minimum absolute atomic E-state index is 0.101. The topological polar surface area (TPSA) is 71.9 Å². The van der Waals surface area contributed by atoms with Gasteiger partial charge in [0.1, 0.15) is 0 Å². The van der Waals surface area contributed by atoms with Crippen molar-refractivity contribution in [3.8, 4) is 11.5 Å². The predicted octanol–water partition coefficient (Wildman–Crippen LogP) is 4.70. The van der Waals surface area contributed by atoms with Gasteiger partial charge in [-0.05, 0) is 48.9 Å². The Morgan fingerprint density at radius 1 is 1.00 bits per heavy atom. The maximum Gasteiger partial charge on any atom is 0.335 e. The van der Waals surface area contributed by atoms with Crippen LogP contribution in [-0.2, 0) is 0 Å². The average Bonchev–Trinajstić information content (AvgIpc) is 2.74. The van der Waals surface area contributed by atoms with E-state index in [-0.39, 0.29) is 11.6 Å². The van der Waals surface area contributed by atoms with E-state index in [0.29, 0.717) is 11.5 Å². The van der Waals surface area contributed by atoms with E-state index in [1.165, 1.54) is 0 Å². The molecule has 0 radical (unpaired) electrons. The van der Waals surface area contributed by atoms with Crippen LogP contribution in [0.1, 0.15) is 28.9 Å². The smallest absolute Gasteiger partial charge is 0.335 e. The highest BCUT2D eigenvalue weighted by atomic mass is 16.5. The number of aromatic nitrogens is 1. The maximum atomic E-state index is 11.5. The number of anilines is 2. The Hall–Kier alpha value is -3.54. The number of benzene rings is 2. The van der Waals surface area contributed by atoms with Gasteiger partial charge in [-0.1, -0.05) is 12.1 Å². The number of aromatic carboxylic acids is 1. The van der Waals surface area contributed by atoms with Gasteiger partial charge in [0, 0.05) is 29.8 Å². The molecule has 0 saturated carbocycles. The fourth-order valence-corrected chi connectivity index (χ4v) is 3.13. The van der Waals surface area contributed by atoms with Crippen LogP contribution in [0.3, 0.4) is 0 Å². The highest BCUT2D eigenvalue weighted by molar-refractivity contribution is 5.89. The van der Waals surface area contributed by atoms with Crippen molar-refractivity contribution in [2.45, 2.75) is 13.0 Å². The third-order valence-electron chi connectivity index (χ3n) is 4.57. The Kier molecular flexibility index (Phi) is 5.79. The van der Waals surface area contributed by atoms with Gasteiger partial charge in [0.05, 0.1) is 25.8 Å². The lowest BCUT2D eigenvalue weighted by molar-refractivity contribution is 0.0697. The van der Waals surface area contributed by atoms with Crippen LogP contribution < -0.4 is 14.4 Å². The van der Waals surface area contributed by atoms with Crippen LogP contribution in [-0.4, -0.2) is 30.3 Å². The molecule has 1 unspecified atom stereocenters. The van der Waals surface area contributed by atoms with Crippen molar-refractivity contribution >= 4 is 17.3 Å². The first-order valence-electron chi connectivity index (χ1n) is 8.79. The third kappa shape index (κ3) is 3.91. The fourth-order valence-electron chi connectivity index (χ4n) is 3.13. The van der Waals surface area contributed by atoms with Crippen molar-refractivity contribution in [3.63, 3.8) is 0 Å². The van der Waals surface area contributed by atoms with Crippen molar-refractivity contribution < 1.29 is 19.4 Å². The van der Waals surface area contributed by atoms with Crippen LogP contribution >= 0.6 is 0 Å². The molecule has 0 bridgehead atoms. The zero-order chi connectivity index (χ0) is 20.1. The molecule has 0 aliphatic rings. The van der Waals surface area contributed by atoms with Crippen LogP contribution in [0.5, 0.6) is 11.5 Å². The average molecular weight is 378 g/mol. The number of nitrogens with zero attached hydrogens (tertiary/aromatic N) is 2. The van der Waals surface area contributed by atoms with Gasteiger partial charge in [0.2, 0.25) is 0 Å². The molecule has 3 aromatic rings. The number of hydrogen-bond acceptors (Lipinski definition) is 5. The van der Waals surface area contributed by atoms with Crippen molar-refractivity contribution in [1.82, 2.24) is 4.98 Å². The summed E-state index contributed by atoms with van der Waals surface area (Å²) in [6.45, 7) is 2.04. The van der Waals surface area contributed by atoms with Gasteiger partial charge in [-0.3, -0.25) is 4.98 Å². The van der Waals surface area contributed by atoms with E-state index < -0.39 is 5.97 Å². The molecule has 0 saturated heterocycles. The molecule has 2 aromatic carbocycles. The molecule has 0 aliphatic carbocycles. The molecular formula is C22H22N2O4. The molecule has 1 atom stereocenters. The Balaban J connectivity index is 2.15. The largest absolute Gasteiger partial charge is 0.493 e. The molecular weight excluding hydrogens is 356 g/mol. The number of carboxylic acids is 1. The van der Waals surface area contributed by atoms with Crippen molar-refractivity contribution in [3.05, 3.63) is 78.1 Å². The monoisotopic (exact) mass is 378 g/mol. The molecule has 0 spiro atoms. The van der Waals surface area contributed by atoms with Gasteiger partial charge < -0.3 is 19.5 Å². The molecule has 6 heteroatoms. The van der Waals surface area contributed by atoms with Crippen molar-refractivity contribution in [2.75, 3.05) is 19.1 Å². The van der Waals surface area contributed by atoms with Crippen LogP contribution in [0.15, 0.2) is 67.0 Å². The second kappa shape index (κ2) is 8.43. The van der Waals surface area contributed by atoms with E-state index in [1.54, 1.807) is 44.8 Å². The zero-order valence-electron chi connectivity index (χ0n) is 16.0. The fraction of sp³-hybridized carbons (Fsp3) is 0.182. The lowest BCUT2D eigenvalue weighted by Gasteiger charge is -2.32. The third-order valence-corrected chi connectivity index (χ3v) is 4.57. The first kappa shape index (κ1) is 19.2. The van der Waals surface area contributed by atoms with E-state index >= 15 is 0 Å². The highest BCUT2D eigenvalue weighted by Crippen LogP contribution is 2.39. The normalized spacial score (nSPS) is 11.5. The number of carbonyl (C=O) groups is 1. The van der Waals surface area contributed by atoms with E-state index in [4.69, 9.17) is 9.47 Å². The minimum Gasteiger partial charge on any atom is -0.493 e. The van der Waals surface area contributed by atoms with Gasteiger partial charge in [0.25, 0.3) is 0 Å². The molecule has 28 heavy (non-hydrogen) atoms. The van der Waals surface area contributed by atoms with E-state index in [0.717, 1.165) is 16.9 Å². The Morgan fingerprint density at radius 2 is 1.75 bits per heavy atom. The number of methoxy groups -OCH3 is 2. The Morgan fingerprint density at radius 3 is 2.39 bits per heavy atom. The molecule has 3 rings (SSSR count). The summed E-state index contributed by atoms with van der Waals surface area (Å²) in [7, 11) is 3.17. The summed E-state index contributed by atoms with van der Waals surface area (Å²) in [4.78, 5) is 17.7. The lowest BCUT2D eigenvalue weighted by Crippen LogP contribution is -2.22. The summed E-state index contributed by atoms with van der Waals surface area (Å²) in [6.07, 6.45) is 3.53. The van der Waals surface area contributed by atoms with E-state index in [1.807, 2.05) is 48.2 Å². The predicted molar refractivity (Wildman–Crippen MR) is 108 cm³/mol. The highest BCUT2D eigenvalue weighted by Gasteiger charge is 2.21. The second-order valence-electron chi connectivity index (χ2n) is 6.23. The van der Waals surface area contributed by atoms with Crippen LogP contribution in [0.4, 0.5) is 11.4 Å². The van der Waals surface area contributed by atoms with Gasteiger partial charge in [-0.25, -0.2) is 4.79 Å². The quantitative estimate of drug-likeness (QED) is 0.643. The first-order chi connectivity index (χ1) is 13.5. The zero-order valence-corrected chi connectivity index (χ0v) is 16.0. The number of pyridine rings is 1. The summed E-state index contributed by atoms with van der Waals surface area (Å²) in [5, 5.41) is 9.40. The van der Waals surface area contributed by atoms with Crippen molar-refractivity contribution in [2.24, 2.45) is 0 Å². The van der Waals surface area contributed by atoms with Crippen LogP contribution in [0, 0.1) is 0 Å². The molecule has 1 N–H and O–H groups in total. The van der Waals surface area contributed by atoms with E-state index in [2.05, 4.69) is 4.98 Å². The number of ether oxygens (including phenoxy) is 2. The molecule has 1 heterocycles. The summed E-state index contributed by atoms with van der Waals surface area (Å²) < 4.78 is 10.8. The summed E-state index contributed by atoms with van der Waals surface area (Å²) in [6, 6.07) is 16.3. The summed E-state index contributed by atoms with van der Waals surface area (Å²) >= 11 is 0. The van der Waals surface area contributed by atoms with Gasteiger partial charge >= 0.3 is 5.97 Å². The van der Waals surface area contributed by atoms with Gasteiger partial charge in [-0.15, -0.1) is 0 Å². The first-order valence-corrected chi connectivity index (χ1v) is 8.79. The number of carboxylic acid groups (broad SMARTS) is 1. The molecule has 0 aliphatic heterocycles. The SMILES string of the molecule is COc1ccc(N(c2cccc(C(=O)O)c2)C(C)c2cccnc2)cc1OC. The van der Waals surface area contributed by atoms with E-state index in [9.17, 15) is 9.90 Å². The lowest BCUT2D eigenvalue weighted by atomic mass is 10.1. The molecule has 1 aromatic heterocycles. The molecule has 0 amide bonds. The number of rotatable bonds is 7. The Labute approximate surface area is 164 Å². The van der Waals surface area contributed by atoms with Crippen LogP contribution in [0.25, 0.3) is 0 Å². The molecule has 6 nitrogen and oxygen atoms in total. The standard InChI is InChI=1S/C22H22N2O4/c1-15(17-7-5-11-23-14-17)24(18-8-4-6-16(12-18)22(25)26)19-9-10-20(27-2)21(13-19)28-3/h4-15H,1-3H3,(H,25,26). The van der Waals surface area contributed by atoms with Gasteiger partial charge in [-0.2, -0.15) is 0 Å². The summed E-state index contributed by atoms with van der Waals surface area (Å²) in [5.74, 6) is 0.250. The van der Waals surface area contributed by atoms with Crippen molar-refractivity contribution in [1.29, 1.82) is 0 Å². The maximum absolute atomic E-state index is 11.5. The molecule has 0 fully saturated rings. The second-order valence-corrected chi connectivity index (χ2v) is 6.23. The number of hydrogen-bond donors (Lipinski definition) is 1. The van der Waals surface area contributed by atoms with Gasteiger partial charge in [0.15, 0.2) is 11.5 Å². The van der Waals surface area contributed by atoms with Crippen LogP contribution in [0.2, 0.25) is 0 Å².